The lowest BCUT2D eigenvalue weighted by atomic mass is 10.1. The van der Waals surface area contributed by atoms with Crippen LogP contribution in [0.4, 0.5) is 23.7 Å². The highest BCUT2D eigenvalue weighted by Crippen LogP contribution is 2.35. The van der Waals surface area contributed by atoms with Crippen molar-refractivity contribution < 1.29 is 22.7 Å². The summed E-state index contributed by atoms with van der Waals surface area (Å²) in [6.45, 7) is 0.347. The monoisotopic (exact) mass is 434 g/mol. The maximum Gasteiger partial charge on any atom is 0.417 e. The summed E-state index contributed by atoms with van der Waals surface area (Å²) in [5, 5.41) is 4.75. The van der Waals surface area contributed by atoms with Crippen LogP contribution in [0.3, 0.4) is 0 Å². The quantitative estimate of drug-likeness (QED) is 0.481. The standard InChI is InChI=1S/C22H18ClF3N2O2/c23-20-11-6-16(12-19(20)22(24,25)26)13-27-21(29)28-17-7-9-18(10-8-17)30-14-15-4-2-1-3-5-15/h1-12H,13-14H2,(H2,27,28,29). The van der Waals surface area contributed by atoms with E-state index in [4.69, 9.17) is 16.3 Å². The normalized spacial score (nSPS) is 11.1. The summed E-state index contributed by atoms with van der Waals surface area (Å²) >= 11 is 5.59. The molecule has 3 aromatic rings. The Morgan fingerprint density at radius 3 is 2.30 bits per heavy atom. The van der Waals surface area contributed by atoms with Gasteiger partial charge in [-0.2, -0.15) is 13.2 Å². The van der Waals surface area contributed by atoms with E-state index in [1.165, 1.54) is 6.07 Å². The van der Waals surface area contributed by atoms with Gasteiger partial charge >= 0.3 is 12.2 Å². The predicted molar refractivity (Wildman–Crippen MR) is 110 cm³/mol. The van der Waals surface area contributed by atoms with Crippen molar-refractivity contribution in [3.05, 3.63) is 94.5 Å². The summed E-state index contributed by atoms with van der Waals surface area (Å²) in [4.78, 5) is 12.0. The Balaban J connectivity index is 1.50. The number of urea groups is 1. The molecule has 30 heavy (non-hydrogen) atoms. The molecule has 8 heteroatoms. The molecule has 0 fully saturated rings. The fourth-order valence-electron chi connectivity index (χ4n) is 2.63. The first-order chi connectivity index (χ1) is 14.3. The lowest BCUT2D eigenvalue weighted by Crippen LogP contribution is -2.28. The van der Waals surface area contributed by atoms with Gasteiger partial charge in [0.1, 0.15) is 12.4 Å². The Morgan fingerprint density at radius 1 is 0.933 bits per heavy atom. The third-order valence-corrected chi connectivity index (χ3v) is 4.48. The van der Waals surface area contributed by atoms with Gasteiger partial charge in [-0.15, -0.1) is 0 Å². The Bertz CT molecular complexity index is 994. The van der Waals surface area contributed by atoms with E-state index in [1.807, 2.05) is 30.3 Å². The number of carbonyl (C=O) groups excluding carboxylic acids is 1. The third-order valence-electron chi connectivity index (χ3n) is 4.15. The number of hydrogen-bond acceptors (Lipinski definition) is 2. The van der Waals surface area contributed by atoms with Crippen molar-refractivity contribution >= 4 is 23.3 Å². The molecular weight excluding hydrogens is 417 g/mol. The Hall–Kier alpha value is -3.19. The van der Waals surface area contributed by atoms with E-state index in [-0.39, 0.29) is 17.1 Å². The molecule has 4 nitrogen and oxygen atoms in total. The molecule has 0 radical (unpaired) electrons. The van der Waals surface area contributed by atoms with Crippen molar-refractivity contribution in [2.45, 2.75) is 19.3 Å². The largest absolute Gasteiger partial charge is 0.489 e. The molecule has 0 saturated heterocycles. The van der Waals surface area contributed by atoms with Crippen molar-refractivity contribution in [1.82, 2.24) is 5.32 Å². The molecule has 0 heterocycles. The van der Waals surface area contributed by atoms with E-state index in [0.717, 1.165) is 17.7 Å². The van der Waals surface area contributed by atoms with Gasteiger partial charge in [-0.3, -0.25) is 0 Å². The van der Waals surface area contributed by atoms with Gasteiger partial charge in [0.25, 0.3) is 0 Å². The minimum Gasteiger partial charge on any atom is -0.489 e. The highest BCUT2D eigenvalue weighted by Gasteiger charge is 2.33. The Morgan fingerprint density at radius 2 is 1.63 bits per heavy atom. The minimum absolute atomic E-state index is 0.0790. The number of amides is 2. The molecule has 3 aromatic carbocycles. The van der Waals surface area contributed by atoms with Gasteiger partial charge in [-0.25, -0.2) is 4.79 Å². The van der Waals surface area contributed by atoms with Crippen molar-refractivity contribution in [3.8, 4) is 5.75 Å². The highest BCUT2D eigenvalue weighted by atomic mass is 35.5. The van der Waals surface area contributed by atoms with Crippen molar-refractivity contribution in [2.24, 2.45) is 0 Å². The molecular formula is C22H18ClF3N2O2. The van der Waals surface area contributed by atoms with E-state index < -0.39 is 17.8 Å². The molecule has 0 aromatic heterocycles. The molecule has 0 saturated carbocycles. The fourth-order valence-corrected chi connectivity index (χ4v) is 2.86. The summed E-state index contributed by atoms with van der Waals surface area (Å²) < 4.78 is 44.4. The van der Waals surface area contributed by atoms with Crippen LogP contribution in [0.1, 0.15) is 16.7 Å². The molecule has 3 rings (SSSR count). The molecule has 0 spiro atoms. The van der Waals surface area contributed by atoms with E-state index in [9.17, 15) is 18.0 Å². The van der Waals surface area contributed by atoms with E-state index >= 15 is 0 Å². The molecule has 0 aliphatic heterocycles. The summed E-state index contributed by atoms with van der Waals surface area (Å²) in [6.07, 6.45) is -4.56. The van der Waals surface area contributed by atoms with Gasteiger partial charge in [0, 0.05) is 12.2 Å². The van der Waals surface area contributed by atoms with E-state index in [1.54, 1.807) is 24.3 Å². The van der Waals surface area contributed by atoms with Crippen molar-refractivity contribution in [3.63, 3.8) is 0 Å². The van der Waals surface area contributed by atoms with Crippen LogP contribution in [0, 0.1) is 0 Å². The topological polar surface area (TPSA) is 50.4 Å². The van der Waals surface area contributed by atoms with Crippen LogP contribution >= 0.6 is 11.6 Å². The van der Waals surface area contributed by atoms with Crippen molar-refractivity contribution in [1.29, 1.82) is 0 Å². The van der Waals surface area contributed by atoms with Gasteiger partial charge in [0.05, 0.1) is 10.6 Å². The van der Waals surface area contributed by atoms with Crippen LogP contribution in [0.2, 0.25) is 5.02 Å². The van der Waals surface area contributed by atoms with Crippen LogP contribution in [0.15, 0.2) is 72.8 Å². The Labute approximate surface area is 176 Å². The number of halogens is 4. The average molecular weight is 435 g/mol. The zero-order chi connectivity index (χ0) is 21.6. The number of carbonyl (C=O) groups is 1. The van der Waals surface area contributed by atoms with E-state index in [2.05, 4.69) is 10.6 Å². The first kappa shape index (κ1) is 21.5. The van der Waals surface area contributed by atoms with Gasteiger partial charge in [-0.1, -0.05) is 48.0 Å². The zero-order valence-electron chi connectivity index (χ0n) is 15.7. The number of ether oxygens (including phenoxy) is 1. The summed E-state index contributed by atoms with van der Waals surface area (Å²) in [6, 6.07) is 19.4. The average Bonchev–Trinajstić information content (AvgIpc) is 2.72. The fraction of sp³-hybridized carbons (Fsp3) is 0.136. The minimum atomic E-state index is -4.56. The predicted octanol–water partition coefficient (Wildman–Crippen LogP) is 6.26. The lowest BCUT2D eigenvalue weighted by molar-refractivity contribution is -0.137. The van der Waals surface area contributed by atoms with Crippen LogP contribution in [-0.2, 0) is 19.3 Å². The maximum absolute atomic E-state index is 12.9. The van der Waals surface area contributed by atoms with Gasteiger partial charge in [0.15, 0.2) is 0 Å². The molecule has 2 N–H and O–H groups in total. The summed E-state index contributed by atoms with van der Waals surface area (Å²) in [7, 11) is 0. The number of rotatable bonds is 6. The van der Waals surface area contributed by atoms with Crippen LogP contribution in [0.5, 0.6) is 5.75 Å². The van der Waals surface area contributed by atoms with Crippen LogP contribution in [0.25, 0.3) is 0 Å². The Kier molecular flexibility index (Phi) is 6.84. The third kappa shape index (κ3) is 6.15. The number of hydrogen-bond donors (Lipinski definition) is 2. The van der Waals surface area contributed by atoms with Gasteiger partial charge in [0.2, 0.25) is 0 Å². The molecule has 0 aliphatic carbocycles. The second kappa shape index (κ2) is 9.54. The molecule has 0 unspecified atom stereocenters. The highest BCUT2D eigenvalue weighted by molar-refractivity contribution is 6.31. The summed E-state index contributed by atoms with van der Waals surface area (Å²) in [5.74, 6) is 0.644. The van der Waals surface area contributed by atoms with Crippen LogP contribution in [-0.4, -0.2) is 6.03 Å². The van der Waals surface area contributed by atoms with E-state index in [0.29, 0.717) is 18.0 Å². The molecule has 0 atom stereocenters. The number of anilines is 1. The first-order valence-corrected chi connectivity index (χ1v) is 9.36. The smallest absolute Gasteiger partial charge is 0.417 e. The molecule has 0 aliphatic rings. The first-order valence-electron chi connectivity index (χ1n) is 8.98. The number of nitrogens with one attached hydrogen (secondary N) is 2. The second-order valence-corrected chi connectivity index (χ2v) is 6.83. The lowest BCUT2D eigenvalue weighted by Gasteiger charge is -2.12. The number of benzene rings is 3. The summed E-state index contributed by atoms with van der Waals surface area (Å²) in [5.41, 5.74) is 0.906. The maximum atomic E-state index is 12.9. The SMILES string of the molecule is O=C(NCc1ccc(Cl)c(C(F)(F)F)c1)Nc1ccc(OCc2ccccc2)cc1. The zero-order valence-corrected chi connectivity index (χ0v) is 16.4. The number of alkyl halides is 3. The van der Waals surface area contributed by atoms with Gasteiger partial charge in [-0.05, 0) is 47.5 Å². The van der Waals surface area contributed by atoms with Crippen molar-refractivity contribution in [2.75, 3.05) is 5.32 Å². The second-order valence-electron chi connectivity index (χ2n) is 6.42. The van der Waals surface area contributed by atoms with Gasteiger partial charge < -0.3 is 15.4 Å². The molecule has 156 valence electrons. The van der Waals surface area contributed by atoms with Crippen LogP contribution < -0.4 is 15.4 Å². The molecule has 0 bridgehead atoms. The molecule has 2 amide bonds.